The van der Waals surface area contributed by atoms with E-state index in [-0.39, 0.29) is 5.91 Å². The fourth-order valence-corrected chi connectivity index (χ4v) is 3.59. The molecule has 0 saturated carbocycles. The normalized spacial score (nSPS) is 10.4. The van der Waals surface area contributed by atoms with Gasteiger partial charge in [0.1, 0.15) is 11.5 Å². The van der Waals surface area contributed by atoms with Gasteiger partial charge >= 0.3 is 0 Å². The lowest BCUT2D eigenvalue weighted by molar-refractivity contribution is 0.0955. The van der Waals surface area contributed by atoms with E-state index >= 15 is 0 Å². The molecule has 0 bridgehead atoms. The Hall–Kier alpha value is -2.79. The maximum absolute atomic E-state index is 12.4. The molecule has 0 spiro atoms. The summed E-state index contributed by atoms with van der Waals surface area (Å²) in [7, 11) is 3.29. The van der Waals surface area contributed by atoms with Crippen LogP contribution < -0.4 is 14.8 Å². The highest BCUT2D eigenvalue weighted by Crippen LogP contribution is 2.22. The van der Waals surface area contributed by atoms with Crippen LogP contribution in [0.5, 0.6) is 11.5 Å². The van der Waals surface area contributed by atoms with Gasteiger partial charge in [-0.3, -0.25) is 4.79 Å². The SMILES string of the molecule is COc1cccc(CNC(=O)c2ccc(Cc3cccc(OC)c3)s2)c1. The maximum atomic E-state index is 12.4. The first-order valence-corrected chi connectivity index (χ1v) is 9.12. The van der Waals surface area contributed by atoms with Gasteiger partial charge in [0.2, 0.25) is 0 Å². The van der Waals surface area contributed by atoms with Crippen LogP contribution in [0.25, 0.3) is 0 Å². The van der Waals surface area contributed by atoms with Gasteiger partial charge in [-0.05, 0) is 47.5 Å². The second-order valence-electron chi connectivity index (χ2n) is 5.83. The van der Waals surface area contributed by atoms with Gasteiger partial charge in [0.15, 0.2) is 0 Å². The molecule has 3 rings (SSSR count). The summed E-state index contributed by atoms with van der Waals surface area (Å²) in [6.07, 6.45) is 0.783. The third-order valence-corrected chi connectivity index (χ3v) is 5.07. The van der Waals surface area contributed by atoms with E-state index in [0.29, 0.717) is 11.4 Å². The van der Waals surface area contributed by atoms with Crippen LogP contribution in [0.4, 0.5) is 0 Å². The minimum absolute atomic E-state index is 0.0605. The Morgan fingerprint density at radius 3 is 2.27 bits per heavy atom. The molecular formula is C21H21NO3S. The van der Waals surface area contributed by atoms with Gasteiger partial charge in [-0.25, -0.2) is 0 Å². The molecule has 134 valence electrons. The number of amides is 1. The number of benzene rings is 2. The molecule has 1 N–H and O–H groups in total. The number of hydrogen-bond acceptors (Lipinski definition) is 4. The van der Waals surface area contributed by atoms with Gasteiger partial charge < -0.3 is 14.8 Å². The second-order valence-corrected chi connectivity index (χ2v) is 7.00. The van der Waals surface area contributed by atoms with Crippen molar-refractivity contribution < 1.29 is 14.3 Å². The molecule has 4 nitrogen and oxygen atoms in total. The average molecular weight is 367 g/mol. The highest BCUT2D eigenvalue weighted by molar-refractivity contribution is 7.14. The third kappa shape index (κ3) is 4.64. The van der Waals surface area contributed by atoms with Crippen molar-refractivity contribution in [2.45, 2.75) is 13.0 Å². The van der Waals surface area contributed by atoms with Crippen LogP contribution >= 0.6 is 11.3 Å². The topological polar surface area (TPSA) is 47.6 Å². The van der Waals surface area contributed by atoms with Gasteiger partial charge in [0.05, 0.1) is 19.1 Å². The Morgan fingerprint density at radius 1 is 0.923 bits per heavy atom. The molecule has 2 aromatic carbocycles. The highest BCUT2D eigenvalue weighted by atomic mass is 32.1. The monoisotopic (exact) mass is 367 g/mol. The van der Waals surface area contributed by atoms with Crippen LogP contribution in [0.3, 0.4) is 0 Å². The third-order valence-electron chi connectivity index (χ3n) is 3.99. The summed E-state index contributed by atoms with van der Waals surface area (Å²) in [5, 5.41) is 2.96. The summed E-state index contributed by atoms with van der Waals surface area (Å²) in [6.45, 7) is 0.471. The van der Waals surface area contributed by atoms with E-state index in [9.17, 15) is 4.79 Å². The van der Waals surface area contributed by atoms with E-state index in [1.165, 1.54) is 11.3 Å². The molecule has 0 aliphatic heterocycles. The minimum atomic E-state index is -0.0605. The fraction of sp³-hybridized carbons (Fsp3) is 0.190. The van der Waals surface area contributed by atoms with Crippen molar-refractivity contribution in [1.29, 1.82) is 0 Å². The number of nitrogens with one attached hydrogen (secondary N) is 1. The predicted molar refractivity (Wildman–Crippen MR) is 104 cm³/mol. The van der Waals surface area contributed by atoms with Crippen molar-refractivity contribution in [2.24, 2.45) is 0 Å². The number of hydrogen-bond donors (Lipinski definition) is 1. The van der Waals surface area contributed by atoms with Crippen molar-refractivity contribution in [3.8, 4) is 11.5 Å². The zero-order valence-corrected chi connectivity index (χ0v) is 15.6. The first kappa shape index (κ1) is 18.0. The molecule has 26 heavy (non-hydrogen) atoms. The smallest absolute Gasteiger partial charge is 0.261 e. The molecule has 3 aromatic rings. The summed E-state index contributed by atoms with van der Waals surface area (Å²) in [4.78, 5) is 14.2. The van der Waals surface area contributed by atoms with Crippen LogP contribution in [-0.2, 0) is 13.0 Å². The number of methoxy groups -OCH3 is 2. The molecule has 0 saturated heterocycles. The molecular weight excluding hydrogens is 346 g/mol. The Kier molecular flexibility index (Phi) is 5.92. The summed E-state index contributed by atoms with van der Waals surface area (Å²) in [6, 6.07) is 19.5. The van der Waals surface area contributed by atoms with Crippen LogP contribution in [0, 0.1) is 0 Å². The molecule has 0 atom stereocenters. The van der Waals surface area contributed by atoms with E-state index in [0.717, 1.165) is 33.9 Å². The number of carbonyl (C=O) groups is 1. The lowest BCUT2D eigenvalue weighted by Crippen LogP contribution is -2.21. The molecule has 0 aliphatic carbocycles. The standard InChI is InChI=1S/C21H21NO3S/c1-24-17-7-3-5-15(11-17)13-19-9-10-20(26-19)21(23)22-14-16-6-4-8-18(12-16)25-2/h3-12H,13-14H2,1-2H3,(H,22,23). The van der Waals surface area contributed by atoms with E-state index < -0.39 is 0 Å². The number of thiophene rings is 1. The van der Waals surface area contributed by atoms with E-state index in [2.05, 4.69) is 11.4 Å². The molecule has 0 radical (unpaired) electrons. The van der Waals surface area contributed by atoms with E-state index in [1.807, 2.05) is 54.6 Å². The summed E-state index contributed by atoms with van der Waals surface area (Å²) >= 11 is 1.51. The molecule has 0 unspecified atom stereocenters. The van der Waals surface area contributed by atoms with Crippen molar-refractivity contribution >= 4 is 17.2 Å². The molecule has 0 fully saturated rings. The van der Waals surface area contributed by atoms with E-state index in [4.69, 9.17) is 9.47 Å². The Bertz CT molecular complexity index is 888. The molecule has 1 amide bonds. The highest BCUT2D eigenvalue weighted by Gasteiger charge is 2.10. The fourth-order valence-electron chi connectivity index (χ4n) is 2.63. The Balaban J connectivity index is 1.60. The largest absolute Gasteiger partial charge is 0.497 e. The Morgan fingerprint density at radius 2 is 1.58 bits per heavy atom. The first-order valence-electron chi connectivity index (χ1n) is 8.30. The van der Waals surface area contributed by atoms with Gasteiger partial charge in [0.25, 0.3) is 5.91 Å². The summed E-state index contributed by atoms with van der Waals surface area (Å²) < 4.78 is 10.5. The Labute approximate surface area is 157 Å². The number of carbonyl (C=O) groups excluding carboxylic acids is 1. The van der Waals surface area contributed by atoms with Crippen LogP contribution in [0.1, 0.15) is 25.7 Å². The number of ether oxygens (including phenoxy) is 2. The van der Waals surface area contributed by atoms with Crippen molar-refractivity contribution in [2.75, 3.05) is 14.2 Å². The maximum Gasteiger partial charge on any atom is 0.261 e. The lowest BCUT2D eigenvalue weighted by Gasteiger charge is -2.06. The van der Waals surface area contributed by atoms with Gasteiger partial charge in [0, 0.05) is 17.8 Å². The van der Waals surface area contributed by atoms with Crippen molar-refractivity contribution in [3.63, 3.8) is 0 Å². The second kappa shape index (κ2) is 8.54. The van der Waals surface area contributed by atoms with Crippen LogP contribution in [0.2, 0.25) is 0 Å². The average Bonchev–Trinajstić information content (AvgIpc) is 3.15. The zero-order valence-electron chi connectivity index (χ0n) is 14.8. The van der Waals surface area contributed by atoms with E-state index in [1.54, 1.807) is 14.2 Å². The molecule has 1 heterocycles. The van der Waals surface area contributed by atoms with Crippen LogP contribution in [-0.4, -0.2) is 20.1 Å². The van der Waals surface area contributed by atoms with Gasteiger partial charge in [-0.1, -0.05) is 24.3 Å². The molecule has 5 heteroatoms. The predicted octanol–water partition coefficient (Wildman–Crippen LogP) is 4.29. The summed E-state index contributed by atoms with van der Waals surface area (Å²) in [5.41, 5.74) is 2.17. The minimum Gasteiger partial charge on any atom is -0.497 e. The lowest BCUT2D eigenvalue weighted by atomic mass is 10.1. The first-order chi connectivity index (χ1) is 12.7. The molecule has 1 aromatic heterocycles. The molecule has 0 aliphatic rings. The van der Waals surface area contributed by atoms with Gasteiger partial charge in [-0.2, -0.15) is 0 Å². The summed E-state index contributed by atoms with van der Waals surface area (Å²) in [5.74, 6) is 1.57. The number of rotatable bonds is 7. The van der Waals surface area contributed by atoms with Gasteiger partial charge in [-0.15, -0.1) is 11.3 Å². The van der Waals surface area contributed by atoms with Crippen LogP contribution in [0.15, 0.2) is 60.7 Å². The zero-order chi connectivity index (χ0) is 18.4. The van der Waals surface area contributed by atoms with Crippen molar-refractivity contribution in [3.05, 3.63) is 81.5 Å². The van der Waals surface area contributed by atoms with Crippen molar-refractivity contribution in [1.82, 2.24) is 5.32 Å². The quantitative estimate of drug-likeness (QED) is 0.678.